The van der Waals surface area contributed by atoms with Gasteiger partial charge in [-0.2, -0.15) is 25.2 Å². The second kappa shape index (κ2) is 9.94. The van der Waals surface area contributed by atoms with E-state index in [1.165, 1.54) is 19.4 Å². The molecule has 0 fully saturated rings. The topological polar surface area (TPSA) is 122 Å². The highest BCUT2D eigenvalue weighted by molar-refractivity contribution is 6.31. The Morgan fingerprint density at radius 3 is 2.41 bits per heavy atom. The molecule has 0 aliphatic carbocycles. The number of nitrogens with zero attached hydrogens (tertiary/aromatic N) is 6. The summed E-state index contributed by atoms with van der Waals surface area (Å²) in [7, 11) is 1.44. The second-order valence-electron chi connectivity index (χ2n) is 7.17. The summed E-state index contributed by atoms with van der Waals surface area (Å²) in [4.78, 5) is 13.3. The van der Waals surface area contributed by atoms with Crippen molar-refractivity contribution in [2.45, 2.75) is 13.8 Å². The van der Waals surface area contributed by atoms with Crippen LogP contribution in [0.15, 0.2) is 47.6 Å². The minimum atomic E-state index is -0.0958. The second-order valence-corrected chi connectivity index (χ2v) is 8.04. The number of hydrazone groups is 1. The first-order valence-electron chi connectivity index (χ1n) is 10.0. The molecule has 0 atom stereocenters. The van der Waals surface area contributed by atoms with Crippen LogP contribution < -0.4 is 15.5 Å². The van der Waals surface area contributed by atoms with Gasteiger partial charge in [0.05, 0.1) is 19.0 Å². The highest BCUT2D eigenvalue weighted by Crippen LogP contribution is 2.32. The van der Waals surface area contributed by atoms with E-state index in [-0.39, 0.29) is 23.4 Å². The minimum absolute atomic E-state index is 0.0958. The van der Waals surface area contributed by atoms with Crippen LogP contribution in [0.2, 0.25) is 10.0 Å². The van der Waals surface area contributed by atoms with Crippen LogP contribution in [0.4, 0.5) is 17.6 Å². The smallest absolute Gasteiger partial charge is 0.257 e. The number of hydrogen-bond acceptors (Lipinski definition) is 9. The Bertz CT molecular complexity index is 1360. The zero-order valence-electron chi connectivity index (χ0n) is 18.4. The van der Waals surface area contributed by atoms with E-state index in [0.717, 1.165) is 17.1 Å². The van der Waals surface area contributed by atoms with Crippen LogP contribution in [0.25, 0.3) is 5.95 Å². The van der Waals surface area contributed by atoms with Gasteiger partial charge >= 0.3 is 0 Å². The van der Waals surface area contributed by atoms with Gasteiger partial charge < -0.3 is 15.2 Å². The maximum Gasteiger partial charge on any atom is 0.257 e. The number of aromatic nitrogens is 5. The van der Waals surface area contributed by atoms with Crippen LogP contribution in [0.3, 0.4) is 0 Å². The normalized spacial score (nSPS) is 11.1. The first-order valence-corrected chi connectivity index (χ1v) is 10.8. The zero-order chi connectivity index (χ0) is 24.2. The Hall–Kier alpha value is -3.89. The Balaban J connectivity index is 1.66. The predicted octanol–water partition coefficient (Wildman–Crippen LogP) is 4.88. The fourth-order valence-electron chi connectivity index (χ4n) is 3.07. The van der Waals surface area contributed by atoms with Crippen LogP contribution in [0.1, 0.15) is 17.0 Å². The number of methoxy groups -OCH3 is 1. The maximum absolute atomic E-state index is 10.3. The molecule has 0 amide bonds. The highest BCUT2D eigenvalue weighted by Gasteiger charge is 2.13. The number of aryl methyl sites for hydroxylation is 2. The van der Waals surface area contributed by atoms with Crippen molar-refractivity contribution >= 4 is 47.0 Å². The monoisotopic (exact) mass is 498 g/mol. The molecule has 0 radical (unpaired) electrons. The summed E-state index contributed by atoms with van der Waals surface area (Å²) in [6.45, 7) is 3.78. The number of nitrogens with one attached hydrogen (secondary N) is 2. The molecule has 0 aliphatic heterocycles. The van der Waals surface area contributed by atoms with Crippen LogP contribution >= 0.6 is 23.2 Å². The number of rotatable bonds is 7. The molecular formula is C22H20Cl2N8O2. The third-order valence-electron chi connectivity index (χ3n) is 4.58. The molecule has 0 saturated carbocycles. The number of phenolic OH excluding ortho intramolecular Hbond substituents is 1. The van der Waals surface area contributed by atoms with Crippen LogP contribution in [0, 0.1) is 13.8 Å². The Kier molecular flexibility index (Phi) is 6.80. The molecule has 0 bridgehead atoms. The summed E-state index contributed by atoms with van der Waals surface area (Å²) in [6.07, 6.45) is 1.38. The van der Waals surface area contributed by atoms with Crippen molar-refractivity contribution in [2.24, 2.45) is 5.10 Å². The molecule has 0 spiro atoms. The Labute approximate surface area is 205 Å². The lowest BCUT2D eigenvalue weighted by Crippen LogP contribution is -2.11. The largest absolute Gasteiger partial charge is 0.504 e. The summed E-state index contributed by atoms with van der Waals surface area (Å²) in [5.74, 6) is 0.850. The van der Waals surface area contributed by atoms with E-state index in [1.54, 1.807) is 35.0 Å². The van der Waals surface area contributed by atoms with Gasteiger partial charge in [0.15, 0.2) is 11.5 Å². The third kappa shape index (κ3) is 5.36. The van der Waals surface area contributed by atoms with Crippen molar-refractivity contribution in [2.75, 3.05) is 17.9 Å². The molecule has 0 aliphatic rings. The molecule has 2 heterocycles. The van der Waals surface area contributed by atoms with E-state index in [4.69, 9.17) is 27.9 Å². The molecule has 2 aromatic carbocycles. The van der Waals surface area contributed by atoms with Gasteiger partial charge in [0.1, 0.15) is 0 Å². The van der Waals surface area contributed by atoms with Crippen molar-refractivity contribution in [1.82, 2.24) is 24.7 Å². The van der Waals surface area contributed by atoms with Gasteiger partial charge in [-0.05, 0) is 50.2 Å². The Morgan fingerprint density at radius 1 is 1.00 bits per heavy atom. The zero-order valence-corrected chi connectivity index (χ0v) is 19.9. The lowest BCUT2D eigenvalue weighted by Gasteiger charge is -2.10. The molecule has 3 N–H and O–H groups in total. The van der Waals surface area contributed by atoms with Gasteiger partial charge in [-0.25, -0.2) is 10.1 Å². The number of anilines is 3. The van der Waals surface area contributed by atoms with E-state index >= 15 is 0 Å². The van der Waals surface area contributed by atoms with Gasteiger partial charge in [0, 0.05) is 33.1 Å². The van der Waals surface area contributed by atoms with E-state index < -0.39 is 0 Å². The van der Waals surface area contributed by atoms with Gasteiger partial charge in [0.25, 0.3) is 5.95 Å². The van der Waals surface area contributed by atoms with E-state index in [1.807, 2.05) is 19.9 Å². The van der Waals surface area contributed by atoms with Crippen molar-refractivity contribution < 1.29 is 9.84 Å². The minimum Gasteiger partial charge on any atom is -0.504 e. The number of ether oxygens (including phenoxy) is 1. The number of benzene rings is 2. The molecule has 34 heavy (non-hydrogen) atoms. The number of hydrogen-bond donors (Lipinski definition) is 3. The summed E-state index contributed by atoms with van der Waals surface area (Å²) in [5, 5.41) is 23.0. The fourth-order valence-corrected chi connectivity index (χ4v) is 3.41. The summed E-state index contributed by atoms with van der Waals surface area (Å²) in [5.41, 5.74) is 5.52. The maximum atomic E-state index is 10.3. The van der Waals surface area contributed by atoms with Crippen LogP contribution in [0.5, 0.6) is 11.5 Å². The Morgan fingerprint density at radius 2 is 1.74 bits per heavy atom. The van der Waals surface area contributed by atoms with Gasteiger partial charge in [-0.1, -0.05) is 23.2 Å². The first-order chi connectivity index (χ1) is 16.3. The quantitative estimate of drug-likeness (QED) is 0.243. The lowest BCUT2D eigenvalue weighted by molar-refractivity contribution is 0.373. The molecule has 4 aromatic rings. The summed E-state index contributed by atoms with van der Waals surface area (Å²) in [6, 6.07) is 12.1. The highest BCUT2D eigenvalue weighted by atomic mass is 35.5. The number of halogens is 2. The number of aromatic hydroxyl groups is 1. The lowest BCUT2D eigenvalue weighted by atomic mass is 10.2. The van der Waals surface area contributed by atoms with Crippen molar-refractivity contribution in [3.8, 4) is 17.4 Å². The molecule has 0 saturated heterocycles. The average molecular weight is 499 g/mol. The van der Waals surface area contributed by atoms with Crippen molar-refractivity contribution in [3.63, 3.8) is 0 Å². The molecular weight excluding hydrogens is 479 g/mol. The molecule has 4 rings (SSSR count). The molecule has 174 valence electrons. The fraction of sp³-hybridized carbons (Fsp3) is 0.136. The third-order valence-corrected chi connectivity index (χ3v) is 5.05. The standard InChI is InChI=1S/C22H20Cl2N8O2/c1-12-8-13(2)32(31-12)22-28-20(26-17-6-4-15(23)5-7-17)27-21(29-22)30-25-11-14-9-16(24)10-18(34-3)19(14)33/h4-11,33H,1-3H3,(H2,26,27,28,29,30)/b25-11+. The van der Waals surface area contributed by atoms with Crippen LogP contribution in [-0.2, 0) is 0 Å². The first kappa shape index (κ1) is 23.3. The SMILES string of the molecule is COc1cc(Cl)cc(/C=N/Nc2nc(Nc3ccc(Cl)cc3)nc(-n3nc(C)cc3C)n2)c1O. The average Bonchev–Trinajstić information content (AvgIpc) is 3.15. The summed E-state index contributed by atoms with van der Waals surface area (Å²) < 4.78 is 6.72. The van der Waals surface area contributed by atoms with Crippen LogP contribution in [-0.4, -0.2) is 43.2 Å². The predicted molar refractivity (Wildman–Crippen MR) is 132 cm³/mol. The van der Waals surface area contributed by atoms with Crippen molar-refractivity contribution in [3.05, 3.63) is 69.5 Å². The van der Waals surface area contributed by atoms with E-state index in [0.29, 0.717) is 21.6 Å². The van der Waals surface area contributed by atoms with Gasteiger partial charge in [0.2, 0.25) is 11.9 Å². The molecule has 12 heteroatoms. The van der Waals surface area contributed by atoms with E-state index in [2.05, 4.69) is 35.9 Å². The molecule has 10 nitrogen and oxygen atoms in total. The molecule has 0 unspecified atom stereocenters. The van der Waals surface area contributed by atoms with Gasteiger partial charge in [-0.3, -0.25) is 0 Å². The van der Waals surface area contributed by atoms with Crippen molar-refractivity contribution in [1.29, 1.82) is 0 Å². The molecule has 2 aromatic heterocycles. The van der Waals surface area contributed by atoms with E-state index in [9.17, 15) is 5.11 Å². The number of phenols is 1. The van der Waals surface area contributed by atoms with Gasteiger partial charge in [-0.15, -0.1) is 0 Å². The summed E-state index contributed by atoms with van der Waals surface area (Å²) >= 11 is 12.0.